The highest BCUT2D eigenvalue weighted by molar-refractivity contribution is 5.94. The summed E-state index contributed by atoms with van der Waals surface area (Å²) in [6.07, 6.45) is 7.68. The molecule has 1 aliphatic carbocycles. The van der Waals surface area contributed by atoms with Gasteiger partial charge in [0.1, 0.15) is 5.82 Å². The van der Waals surface area contributed by atoms with Crippen LogP contribution in [-0.2, 0) is 0 Å². The third-order valence-electron chi connectivity index (χ3n) is 4.09. The van der Waals surface area contributed by atoms with Crippen LogP contribution >= 0.6 is 0 Å². The zero-order chi connectivity index (χ0) is 13.0. The highest BCUT2D eigenvalue weighted by Crippen LogP contribution is 2.40. The van der Waals surface area contributed by atoms with Gasteiger partial charge in [-0.05, 0) is 36.8 Å². The van der Waals surface area contributed by atoms with Gasteiger partial charge in [0.25, 0.3) is 5.91 Å². The van der Waals surface area contributed by atoms with Crippen molar-refractivity contribution in [1.82, 2.24) is 10.3 Å². The fourth-order valence-electron chi connectivity index (χ4n) is 2.69. The highest BCUT2D eigenvalue weighted by atomic mass is 16.1. The fourth-order valence-corrected chi connectivity index (χ4v) is 2.69. The monoisotopic (exact) mass is 247 g/mol. The van der Waals surface area contributed by atoms with E-state index in [2.05, 4.69) is 17.2 Å². The van der Waals surface area contributed by atoms with Gasteiger partial charge < -0.3 is 11.1 Å². The van der Waals surface area contributed by atoms with Crippen molar-refractivity contribution < 1.29 is 4.79 Å². The molecule has 4 nitrogen and oxygen atoms in total. The van der Waals surface area contributed by atoms with Crippen molar-refractivity contribution >= 4 is 11.7 Å². The van der Waals surface area contributed by atoms with E-state index in [9.17, 15) is 4.79 Å². The van der Waals surface area contributed by atoms with Crippen molar-refractivity contribution in [2.75, 3.05) is 12.3 Å². The van der Waals surface area contributed by atoms with E-state index in [0.29, 0.717) is 16.8 Å². The predicted molar refractivity (Wildman–Crippen MR) is 72.2 cm³/mol. The number of hydrogen-bond donors (Lipinski definition) is 2. The Morgan fingerprint density at radius 1 is 1.44 bits per heavy atom. The largest absolute Gasteiger partial charge is 0.384 e. The van der Waals surface area contributed by atoms with Crippen LogP contribution in [0.3, 0.4) is 0 Å². The van der Waals surface area contributed by atoms with E-state index < -0.39 is 0 Å². The second-order valence-corrected chi connectivity index (χ2v) is 5.22. The van der Waals surface area contributed by atoms with Gasteiger partial charge in [0.05, 0.1) is 5.56 Å². The summed E-state index contributed by atoms with van der Waals surface area (Å²) in [6, 6.07) is 3.37. The number of rotatable bonds is 4. The molecule has 0 aliphatic heterocycles. The van der Waals surface area contributed by atoms with Crippen molar-refractivity contribution in [3.05, 3.63) is 23.9 Å². The molecule has 1 aromatic rings. The SMILES string of the molecule is CCC1(CNC(=O)c2ccc(N)nc2)CCCC1. The first-order valence-corrected chi connectivity index (χ1v) is 6.65. The molecule has 0 atom stereocenters. The van der Waals surface area contributed by atoms with Crippen LogP contribution in [0.2, 0.25) is 0 Å². The van der Waals surface area contributed by atoms with Crippen LogP contribution in [0.4, 0.5) is 5.82 Å². The minimum Gasteiger partial charge on any atom is -0.384 e. The fraction of sp³-hybridized carbons (Fsp3) is 0.571. The Bertz CT molecular complexity index is 408. The zero-order valence-electron chi connectivity index (χ0n) is 10.9. The maximum atomic E-state index is 12.0. The zero-order valence-corrected chi connectivity index (χ0v) is 10.9. The van der Waals surface area contributed by atoms with Gasteiger partial charge in [0.2, 0.25) is 0 Å². The first kappa shape index (κ1) is 12.9. The Labute approximate surface area is 108 Å². The van der Waals surface area contributed by atoms with Gasteiger partial charge in [-0.15, -0.1) is 0 Å². The first-order valence-electron chi connectivity index (χ1n) is 6.65. The molecule has 3 N–H and O–H groups in total. The first-order chi connectivity index (χ1) is 8.65. The lowest BCUT2D eigenvalue weighted by Crippen LogP contribution is -2.35. The van der Waals surface area contributed by atoms with Crippen molar-refractivity contribution in [3.63, 3.8) is 0 Å². The molecule has 0 saturated heterocycles. The summed E-state index contributed by atoms with van der Waals surface area (Å²) < 4.78 is 0. The van der Waals surface area contributed by atoms with Crippen LogP contribution in [0.5, 0.6) is 0 Å². The summed E-state index contributed by atoms with van der Waals surface area (Å²) in [5.41, 5.74) is 6.39. The number of carbonyl (C=O) groups is 1. The van der Waals surface area contributed by atoms with Crippen LogP contribution in [0.25, 0.3) is 0 Å². The Morgan fingerprint density at radius 2 is 2.17 bits per heavy atom. The molecule has 4 heteroatoms. The third-order valence-corrected chi connectivity index (χ3v) is 4.09. The summed E-state index contributed by atoms with van der Waals surface area (Å²) in [5.74, 6) is 0.384. The Kier molecular flexibility index (Phi) is 3.84. The average molecular weight is 247 g/mol. The summed E-state index contributed by atoms with van der Waals surface area (Å²) in [7, 11) is 0. The summed E-state index contributed by atoms with van der Waals surface area (Å²) in [6.45, 7) is 2.98. The molecule has 1 amide bonds. The molecular weight excluding hydrogens is 226 g/mol. The van der Waals surface area contributed by atoms with Gasteiger partial charge in [-0.25, -0.2) is 4.98 Å². The van der Waals surface area contributed by atoms with Crippen molar-refractivity contribution in [2.45, 2.75) is 39.0 Å². The second kappa shape index (κ2) is 5.38. The maximum absolute atomic E-state index is 12.0. The normalized spacial score (nSPS) is 17.6. The molecule has 0 bridgehead atoms. The Morgan fingerprint density at radius 3 is 2.72 bits per heavy atom. The van der Waals surface area contributed by atoms with E-state index in [-0.39, 0.29) is 5.91 Å². The number of nitrogen functional groups attached to an aromatic ring is 1. The summed E-state index contributed by atoms with van der Waals surface area (Å²) >= 11 is 0. The van der Waals surface area contributed by atoms with Gasteiger partial charge in [-0.2, -0.15) is 0 Å². The second-order valence-electron chi connectivity index (χ2n) is 5.22. The van der Waals surface area contributed by atoms with E-state index >= 15 is 0 Å². The number of pyridine rings is 1. The quantitative estimate of drug-likeness (QED) is 0.858. The lowest BCUT2D eigenvalue weighted by molar-refractivity contribution is 0.0928. The van der Waals surface area contributed by atoms with Gasteiger partial charge in [0.15, 0.2) is 0 Å². The van der Waals surface area contributed by atoms with E-state index in [1.165, 1.54) is 31.9 Å². The molecule has 98 valence electrons. The topological polar surface area (TPSA) is 68.0 Å². The lowest BCUT2D eigenvalue weighted by Gasteiger charge is -2.27. The van der Waals surface area contributed by atoms with Gasteiger partial charge in [0, 0.05) is 12.7 Å². The third kappa shape index (κ3) is 2.81. The molecule has 18 heavy (non-hydrogen) atoms. The molecule has 1 fully saturated rings. The van der Waals surface area contributed by atoms with Crippen LogP contribution in [0, 0.1) is 5.41 Å². The minimum absolute atomic E-state index is 0.0535. The maximum Gasteiger partial charge on any atom is 0.252 e. The standard InChI is InChI=1S/C14H21N3O/c1-2-14(7-3-4-8-14)10-17-13(18)11-5-6-12(15)16-9-11/h5-6,9H,2-4,7-8,10H2,1H3,(H2,15,16)(H,17,18). The lowest BCUT2D eigenvalue weighted by atomic mass is 9.83. The minimum atomic E-state index is -0.0535. The molecule has 1 heterocycles. The molecule has 0 unspecified atom stereocenters. The summed E-state index contributed by atoms with van der Waals surface area (Å²) in [5, 5.41) is 3.03. The van der Waals surface area contributed by atoms with Gasteiger partial charge in [-0.1, -0.05) is 19.8 Å². The molecule has 1 aliphatic rings. The Balaban J connectivity index is 1.93. The molecule has 2 rings (SSSR count). The van der Waals surface area contributed by atoms with Gasteiger partial charge >= 0.3 is 0 Å². The van der Waals surface area contributed by atoms with Crippen molar-refractivity contribution in [2.24, 2.45) is 5.41 Å². The van der Waals surface area contributed by atoms with E-state index in [1.807, 2.05) is 0 Å². The highest BCUT2D eigenvalue weighted by Gasteiger charge is 2.32. The average Bonchev–Trinajstić information content (AvgIpc) is 2.86. The van der Waals surface area contributed by atoms with E-state index in [0.717, 1.165) is 13.0 Å². The number of carbonyl (C=O) groups excluding carboxylic acids is 1. The number of anilines is 1. The molecule has 0 aromatic carbocycles. The Hall–Kier alpha value is -1.58. The molecule has 1 aromatic heterocycles. The van der Waals surface area contributed by atoms with Gasteiger partial charge in [-0.3, -0.25) is 4.79 Å². The number of nitrogens with two attached hydrogens (primary N) is 1. The number of aromatic nitrogens is 1. The molecule has 0 spiro atoms. The van der Waals surface area contributed by atoms with E-state index in [4.69, 9.17) is 5.73 Å². The molecule has 1 saturated carbocycles. The van der Waals surface area contributed by atoms with Crippen LogP contribution < -0.4 is 11.1 Å². The van der Waals surface area contributed by atoms with Crippen LogP contribution in [-0.4, -0.2) is 17.4 Å². The summed E-state index contributed by atoms with van der Waals surface area (Å²) in [4.78, 5) is 15.9. The van der Waals surface area contributed by atoms with Crippen molar-refractivity contribution in [1.29, 1.82) is 0 Å². The number of nitrogens with one attached hydrogen (secondary N) is 1. The number of amides is 1. The van der Waals surface area contributed by atoms with Crippen molar-refractivity contribution in [3.8, 4) is 0 Å². The van der Waals surface area contributed by atoms with E-state index in [1.54, 1.807) is 12.1 Å². The smallest absolute Gasteiger partial charge is 0.252 e. The predicted octanol–water partition coefficient (Wildman–Crippen LogP) is 2.36. The van der Waals surface area contributed by atoms with Crippen LogP contribution in [0.1, 0.15) is 49.4 Å². The number of hydrogen-bond acceptors (Lipinski definition) is 3. The molecular formula is C14H21N3O. The molecule has 0 radical (unpaired) electrons. The van der Waals surface area contributed by atoms with Crippen LogP contribution in [0.15, 0.2) is 18.3 Å². The number of nitrogens with zero attached hydrogens (tertiary/aromatic N) is 1.